The second-order valence-corrected chi connectivity index (χ2v) is 4.41. The Morgan fingerprint density at radius 2 is 1.84 bits per heavy atom. The second-order valence-electron chi connectivity index (χ2n) is 4.41. The number of aryl methyl sites for hydroxylation is 1. The van der Waals surface area contributed by atoms with Gasteiger partial charge in [0.2, 0.25) is 0 Å². The molecule has 0 atom stereocenters. The van der Waals surface area contributed by atoms with Crippen LogP contribution in [0.25, 0.3) is 0 Å². The number of carbonyl (C=O) groups is 1. The van der Waals surface area contributed by atoms with Crippen LogP contribution in [0.2, 0.25) is 0 Å². The molecule has 2 N–H and O–H groups in total. The quantitative estimate of drug-likeness (QED) is 0.858. The zero-order valence-corrected chi connectivity index (χ0v) is 10.9. The summed E-state index contributed by atoms with van der Waals surface area (Å²) in [6, 6.07) is 15.2. The van der Waals surface area contributed by atoms with Crippen LogP contribution in [-0.4, -0.2) is 11.1 Å². The first kappa shape index (κ1) is 13.1. The van der Waals surface area contributed by atoms with Crippen LogP contribution < -0.4 is 5.32 Å². The maximum Gasteiger partial charge on any atom is 0.335 e. The first-order chi connectivity index (χ1) is 9.19. The van der Waals surface area contributed by atoms with Crippen molar-refractivity contribution in [1.82, 2.24) is 0 Å². The maximum absolute atomic E-state index is 10.9. The highest BCUT2D eigenvalue weighted by Crippen LogP contribution is 2.12. The Kier molecular flexibility index (Phi) is 4.18. The molecule has 0 heterocycles. The summed E-state index contributed by atoms with van der Waals surface area (Å²) in [5.74, 6) is -0.894. The molecule has 98 valence electrons. The number of hydrogen-bond acceptors (Lipinski definition) is 2. The predicted octanol–water partition coefficient (Wildman–Crippen LogP) is 3.56. The van der Waals surface area contributed by atoms with Crippen molar-refractivity contribution in [3.05, 3.63) is 65.2 Å². The van der Waals surface area contributed by atoms with Crippen molar-refractivity contribution in [3.8, 4) is 0 Å². The number of carboxylic acid groups (broad SMARTS) is 1. The maximum atomic E-state index is 10.9. The van der Waals surface area contributed by atoms with Gasteiger partial charge in [0, 0.05) is 12.2 Å². The van der Waals surface area contributed by atoms with Gasteiger partial charge in [0.25, 0.3) is 0 Å². The standard InChI is InChI=1S/C16H17NO2/c1-2-12-6-8-15(9-7-12)17-11-13-4-3-5-14(10-13)16(18)19/h3-10,17H,2,11H2,1H3,(H,18,19). The van der Waals surface area contributed by atoms with Crippen molar-refractivity contribution in [2.45, 2.75) is 19.9 Å². The largest absolute Gasteiger partial charge is 0.478 e. The molecule has 0 saturated carbocycles. The van der Waals surface area contributed by atoms with E-state index in [9.17, 15) is 4.79 Å². The van der Waals surface area contributed by atoms with Crippen molar-refractivity contribution >= 4 is 11.7 Å². The molecule has 0 aliphatic carbocycles. The molecule has 0 saturated heterocycles. The van der Waals surface area contributed by atoms with E-state index in [-0.39, 0.29) is 0 Å². The van der Waals surface area contributed by atoms with Crippen LogP contribution in [0.1, 0.15) is 28.4 Å². The summed E-state index contributed by atoms with van der Waals surface area (Å²) < 4.78 is 0. The van der Waals surface area contributed by atoms with Gasteiger partial charge in [-0.25, -0.2) is 4.79 Å². The van der Waals surface area contributed by atoms with Crippen LogP contribution >= 0.6 is 0 Å². The molecule has 0 bridgehead atoms. The van der Waals surface area contributed by atoms with Gasteiger partial charge in [0.1, 0.15) is 0 Å². The summed E-state index contributed by atoms with van der Waals surface area (Å²) >= 11 is 0. The normalized spacial score (nSPS) is 10.2. The Morgan fingerprint density at radius 3 is 2.47 bits per heavy atom. The SMILES string of the molecule is CCc1ccc(NCc2cccc(C(=O)O)c2)cc1. The third-order valence-electron chi connectivity index (χ3n) is 3.03. The Hall–Kier alpha value is -2.29. The van der Waals surface area contributed by atoms with Crippen molar-refractivity contribution < 1.29 is 9.90 Å². The number of benzene rings is 2. The van der Waals surface area contributed by atoms with E-state index in [1.807, 2.05) is 18.2 Å². The van der Waals surface area contributed by atoms with Crippen LogP contribution in [0.3, 0.4) is 0 Å². The van der Waals surface area contributed by atoms with Crippen LogP contribution in [0.5, 0.6) is 0 Å². The zero-order chi connectivity index (χ0) is 13.7. The van der Waals surface area contributed by atoms with E-state index in [0.717, 1.165) is 17.7 Å². The molecular weight excluding hydrogens is 238 g/mol. The third-order valence-corrected chi connectivity index (χ3v) is 3.03. The van der Waals surface area contributed by atoms with E-state index < -0.39 is 5.97 Å². The van der Waals surface area contributed by atoms with E-state index in [1.54, 1.807) is 18.2 Å². The van der Waals surface area contributed by atoms with Gasteiger partial charge in [-0.2, -0.15) is 0 Å². The highest BCUT2D eigenvalue weighted by Gasteiger charge is 2.02. The summed E-state index contributed by atoms with van der Waals surface area (Å²) in [6.07, 6.45) is 1.03. The molecule has 0 aliphatic heterocycles. The molecule has 0 aromatic heterocycles. The first-order valence-corrected chi connectivity index (χ1v) is 6.34. The van der Waals surface area contributed by atoms with E-state index in [1.165, 1.54) is 5.56 Å². The van der Waals surface area contributed by atoms with Crippen LogP contribution in [0.15, 0.2) is 48.5 Å². The summed E-state index contributed by atoms with van der Waals surface area (Å²) in [4.78, 5) is 10.9. The lowest BCUT2D eigenvalue weighted by Gasteiger charge is -2.08. The minimum Gasteiger partial charge on any atom is -0.478 e. The lowest BCUT2D eigenvalue weighted by atomic mass is 10.1. The molecule has 19 heavy (non-hydrogen) atoms. The van der Waals surface area contributed by atoms with Crippen LogP contribution in [0.4, 0.5) is 5.69 Å². The fraction of sp³-hybridized carbons (Fsp3) is 0.188. The van der Waals surface area contributed by atoms with Gasteiger partial charge in [-0.05, 0) is 41.8 Å². The van der Waals surface area contributed by atoms with Crippen LogP contribution in [-0.2, 0) is 13.0 Å². The van der Waals surface area contributed by atoms with E-state index in [0.29, 0.717) is 12.1 Å². The fourth-order valence-electron chi connectivity index (χ4n) is 1.88. The van der Waals surface area contributed by atoms with E-state index in [4.69, 9.17) is 5.11 Å². The van der Waals surface area contributed by atoms with Crippen molar-refractivity contribution in [2.24, 2.45) is 0 Å². The lowest BCUT2D eigenvalue weighted by Crippen LogP contribution is -2.02. The molecule has 2 aromatic carbocycles. The summed E-state index contributed by atoms with van der Waals surface area (Å²) in [5, 5.41) is 12.2. The number of carboxylic acids is 1. The third kappa shape index (κ3) is 3.58. The van der Waals surface area contributed by atoms with Gasteiger partial charge in [-0.1, -0.05) is 31.2 Å². The first-order valence-electron chi connectivity index (χ1n) is 6.34. The van der Waals surface area contributed by atoms with Gasteiger partial charge in [-0.15, -0.1) is 0 Å². The molecule has 0 aliphatic rings. The Labute approximate surface area is 112 Å². The molecule has 0 radical (unpaired) electrons. The number of hydrogen-bond donors (Lipinski definition) is 2. The highest BCUT2D eigenvalue weighted by molar-refractivity contribution is 5.87. The van der Waals surface area contributed by atoms with Gasteiger partial charge in [-0.3, -0.25) is 0 Å². The van der Waals surface area contributed by atoms with Crippen LogP contribution in [0, 0.1) is 0 Å². The predicted molar refractivity (Wildman–Crippen MR) is 76.5 cm³/mol. The molecule has 3 nitrogen and oxygen atoms in total. The van der Waals surface area contributed by atoms with Gasteiger partial charge in [0.05, 0.1) is 5.56 Å². The molecular formula is C16H17NO2. The Bertz CT molecular complexity index is 561. The molecule has 2 aromatic rings. The molecule has 0 amide bonds. The number of aromatic carboxylic acids is 1. The van der Waals surface area contributed by atoms with Gasteiger partial charge in [0.15, 0.2) is 0 Å². The number of anilines is 1. The Morgan fingerprint density at radius 1 is 1.11 bits per heavy atom. The van der Waals surface area contributed by atoms with E-state index >= 15 is 0 Å². The summed E-state index contributed by atoms with van der Waals surface area (Å²) in [7, 11) is 0. The fourth-order valence-corrected chi connectivity index (χ4v) is 1.88. The summed E-state index contributed by atoms with van der Waals surface area (Å²) in [5.41, 5.74) is 3.62. The second kappa shape index (κ2) is 6.05. The minimum absolute atomic E-state index is 0.320. The average Bonchev–Trinajstić information content (AvgIpc) is 2.46. The molecule has 0 fully saturated rings. The molecule has 3 heteroatoms. The smallest absolute Gasteiger partial charge is 0.335 e. The Balaban J connectivity index is 2.01. The zero-order valence-electron chi connectivity index (χ0n) is 10.9. The minimum atomic E-state index is -0.894. The monoisotopic (exact) mass is 255 g/mol. The van der Waals surface area contributed by atoms with Gasteiger partial charge < -0.3 is 10.4 Å². The van der Waals surface area contributed by atoms with E-state index in [2.05, 4.69) is 24.4 Å². The van der Waals surface area contributed by atoms with Crippen molar-refractivity contribution in [1.29, 1.82) is 0 Å². The average molecular weight is 255 g/mol. The molecule has 0 spiro atoms. The van der Waals surface area contributed by atoms with Gasteiger partial charge >= 0.3 is 5.97 Å². The van der Waals surface area contributed by atoms with Crippen molar-refractivity contribution in [2.75, 3.05) is 5.32 Å². The molecule has 0 unspecified atom stereocenters. The lowest BCUT2D eigenvalue weighted by molar-refractivity contribution is 0.0697. The number of nitrogens with one attached hydrogen (secondary N) is 1. The topological polar surface area (TPSA) is 49.3 Å². The summed E-state index contributed by atoms with van der Waals surface area (Å²) in [6.45, 7) is 2.74. The van der Waals surface area contributed by atoms with Crippen molar-refractivity contribution in [3.63, 3.8) is 0 Å². The number of rotatable bonds is 5. The molecule has 2 rings (SSSR count). The highest BCUT2D eigenvalue weighted by atomic mass is 16.4.